The van der Waals surface area contributed by atoms with Crippen LogP contribution < -0.4 is 0 Å². The van der Waals surface area contributed by atoms with Crippen molar-refractivity contribution >= 4 is 0 Å². The molecule has 208 valence electrons. The first-order valence-electron chi connectivity index (χ1n) is 15.9. The summed E-state index contributed by atoms with van der Waals surface area (Å²) >= 11 is 0. The van der Waals surface area contributed by atoms with Gasteiger partial charge in [-0.3, -0.25) is 0 Å². The summed E-state index contributed by atoms with van der Waals surface area (Å²) in [5.41, 5.74) is 3.10. The van der Waals surface area contributed by atoms with Crippen LogP contribution in [0.4, 0.5) is 0 Å². The van der Waals surface area contributed by atoms with Gasteiger partial charge in [-0.15, -0.1) is 0 Å². The summed E-state index contributed by atoms with van der Waals surface area (Å²) in [5.74, 6) is 4.48. The van der Waals surface area contributed by atoms with E-state index in [0.717, 1.165) is 29.6 Å². The molecule has 0 saturated heterocycles. The average Bonchev–Trinajstić information content (AvgIpc) is 2.76. The highest BCUT2D eigenvalue weighted by molar-refractivity contribution is 4.97. The predicted molar refractivity (Wildman–Crippen MR) is 163 cm³/mol. The van der Waals surface area contributed by atoms with Crippen LogP contribution in [0.3, 0.4) is 0 Å². The van der Waals surface area contributed by atoms with Gasteiger partial charge in [0, 0.05) is 0 Å². The molecule has 0 aromatic rings. The van der Waals surface area contributed by atoms with Crippen LogP contribution in [0.1, 0.15) is 171 Å². The minimum Gasteiger partial charge on any atom is -0.0859 e. The van der Waals surface area contributed by atoms with E-state index in [1.807, 2.05) is 0 Å². The second-order valence-corrected chi connectivity index (χ2v) is 13.3. The van der Waals surface area contributed by atoms with E-state index < -0.39 is 0 Å². The normalized spacial score (nSPS) is 15.8. The minimum atomic E-state index is 0.866. The SMILES string of the molecule is CC(C)=CCC[C@H](C)CCCC(C)CCCC(C)CCC/C=C(\C)CCCC(C)CCCC(C)C. The standard InChI is InChI=1S/C35H68/c1-29(2)17-12-21-33(7)25-14-23-31(5)19-10-11-20-32(6)24-15-27-35(9)28-16-26-34(8)22-13-18-30(3)4/h18-19,29,32-35H,10-17,20-28H2,1-9H3/b31-19+/t32?,33?,34-,35?/m0/s1. The van der Waals surface area contributed by atoms with Crippen LogP contribution >= 0.6 is 0 Å². The van der Waals surface area contributed by atoms with Crippen LogP contribution in [-0.4, -0.2) is 0 Å². The van der Waals surface area contributed by atoms with Gasteiger partial charge < -0.3 is 0 Å². The van der Waals surface area contributed by atoms with Crippen molar-refractivity contribution in [3.63, 3.8) is 0 Å². The Labute approximate surface area is 224 Å². The lowest BCUT2D eigenvalue weighted by molar-refractivity contribution is 0.381. The van der Waals surface area contributed by atoms with E-state index in [9.17, 15) is 0 Å². The first-order valence-corrected chi connectivity index (χ1v) is 15.9. The number of hydrogen-bond acceptors (Lipinski definition) is 0. The second kappa shape index (κ2) is 22.7. The maximum atomic E-state index is 2.54. The van der Waals surface area contributed by atoms with E-state index in [1.54, 1.807) is 5.57 Å². The van der Waals surface area contributed by atoms with Crippen molar-refractivity contribution in [2.75, 3.05) is 0 Å². The Bertz CT molecular complexity index is 518. The van der Waals surface area contributed by atoms with Crippen molar-refractivity contribution in [2.45, 2.75) is 171 Å². The molecule has 35 heavy (non-hydrogen) atoms. The van der Waals surface area contributed by atoms with Crippen molar-refractivity contribution in [3.05, 3.63) is 23.3 Å². The van der Waals surface area contributed by atoms with E-state index >= 15 is 0 Å². The minimum absolute atomic E-state index is 0.866. The molecule has 0 N–H and O–H groups in total. The molecule has 0 aliphatic heterocycles. The molecule has 3 unspecified atom stereocenters. The lowest BCUT2D eigenvalue weighted by Crippen LogP contribution is -2.01. The highest BCUT2D eigenvalue weighted by Crippen LogP contribution is 2.23. The average molecular weight is 489 g/mol. The summed E-state index contributed by atoms with van der Waals surface area (Å²) in [6.45, 7) is 21.3. The molecule has 0 aliphatic carbocycles. The smallest absolute Gasteiger partial charge is 0.0323 e. The van der Waals surface area contributed by atoms with E-state index in [2.05, 4.69) is 74.5 Å². The molecule has 4 atom stereocenters. The van der Waals surface area contributed by atoms with Crippen molar-refractivity contribution < 1.29 is 0 Å². The fourth-order valence-corrected chi connectivity index (χ4v) is 5.38. The van der Waals surface area contributed by atoms with Gasteiger partial charge in [-0.05, 0) is 88.9 Å². The van der Waals surface area contributed by atoms with Gasteiger partial charge in [-0.25, -0.2) is 0 Å². The van der Waals surface area contributed by atoms with Crippen molar-refractivity contribution in [1.29, 1.82) is 0 Å². The molecular weight excluding hydrogens is 420 g/mol. The van der Waals surface area contributed by atoms with Crippen molar-refractivity contribution in [2.24, 2.45) is 29.6 Å². The fourth-order valence-electron chi connectivity index (χ4n) is 5.38. The van der Waals surface area contributed by atoms with E-state index in [0.29, 0.717) is 0 Å². The highest BCUT2D eigenvalue weighted by Gasteiger charge is 2.08. The molecule has 0 amide bonds. The van der Waals surface area contributed by atoms with E-state index in [1.165, 1.54) is 115 Å². The first-order chi connectivity index (χ1) is 16.6. The number of allylic oxidation sites excluding steroid dienone is 4. The molecule has 0 heteroatoms. The Morgan fingerprint density at radius 3 is 1.37 bits per heavy atom. The van der Waals surface area contributed by atoms with Gasteiger partial charge in [0.25, 0.3) is 0 Å². The summed E-state index contributed by atoms with van der Waals surface area (Å²) in [7, 11) is 0. The molecule has 0 radical (unpaired) electrons. The quantitative estimate of drug-likeness (QED) is 0.0990. The lowest BCUT2D eigenvalue weighted by Gasteiger charge is -2.16. The summed E-state index contributed by atoms with van der Waals surface area (Å²) in [5, 5.41) is 0. The summed E-state index contributed by atoms with van der Waals surface area (Å²) in [6, 6.07) is 0. The Kier molecular flexibility index (Phi) is 22.3. The summed E-state index contributed by atoms with van der Waals surface area (Å²) in [4.78, 5) is 0. The van der Waals surface area contributed by atoms with Gasteiger partial charge >= 0.3 is 0 Å². The van der Waals surface area contributed by atoms with Gasteiger partial charge in [0.05, 0.1) is 0 Å². The predicted octanol–water partition coefficient (Wildman–Crippen LogP) is 12.7. The van der Waals surface area contributed by atoms with Crippen LogP contribution in [-0.2, 0) is 0 Å². The molecule has 0 heterocycles. The van der Waals surface area contributed by atoms with Gasteiger partial charge in [0.1, 0.15) is 0 Å². The zero-order valence-electron chi connectivity index (χ0n) is 26.1. The highest BCUT2D eigenvalue weighted by atomic mass is 14.1. The topological polar surface area (TPSA) is 0 Å². The third-order valence-electron chi connectivity index (χ3n) is 8.14. The van der Waals surface area contributed by atoms with Gasteiger partial charge in [-0.1, -0.05) is 135 Å². The Morgan fingerprint density at radius 2 is 0.886 bits per heavy atom. The molecular formula is C35H68. The van der Waals surface area contributed by atoms with E-state index in [4.69, 9.17) is 0 Å². The molecule has 0 nitrogen and oxygen atoms in total. The second-order valence-electron chi connectivity index (χ2n) is 13.3. The van der Waals surface area contributed by atoms with Gasteiger partial charge in [-0.2, -0.15) is 0 Å². The van der Waals surface area contributed by atoms with Crippen LogP contribution in [0.2, 0.25) is 0 Å². The Balaban J connectivity index is 3.71. The van der Waals surface area contributed by atoms with Gasteiger partial charge in [0.15, 0.2) is 0 Å². The molecule has 0 saturated carbocycles. The Morgan fingerprint density at radius 1 is 0.457 bits per heavy atom. The van der Waals surface area contributed by atoms with Crippen LogP contribution in [0.15, 0.2) is 23.3 Å². The molecule has 0 rings (SSSR count). The van der Waals surface area contributed by atoms with Crippen LogP contribution in [0.5, 0.6) is 0 Å². The molecule has 0 aliphatic rings. The third-order valence-corrected chi connectivity index (χ3v) is 8.14. The zero-order valence-corrected chi connectivity index (χ0v) is 26.1. The summed E-state index contributed by atoms with van der Waals surface area (Å²) in [6.07, 6.45) is 28.6. The summed E-state index contributed by atoms with van der Waals surface area (Å²) < 4.78 is 0. The monoisotopic (exact) mass is 489 g/mol. The van der Waals surface area contributed by atoms with Crippen LogP contribution in [0, 0.1) is 29.6 Å². The first kappa shape index (κ1) is 34.5. The van der Waals surface area contributed by atoms with Crippen molar-refractivity contribution in [1.82, 2.24) is 0 Å². The molecule has 0 bridgehead atoms. The number of rotatable bonds is 23. The zero-order chi connectivity index (χ0) is 26.5. The molecule has 0 spiro atoms. The fraction of sp³-hybridized carbons (Fsp3) is 0.886. The molecule has 0 aromatic heterocycles. The third kappa shape index (κ3) is 24.9. The van der Waals surface area contributed by atoms with Crippen molar-refractivity contribution in [3.8, 4) is 0 Å². The number of unbranched alkanes of at least 4 members (excludes halogenated alkanes) is 1. The molecule has 0 fully saturated rings. The van der Waals surface area contributed by atoms with Gasteiger partial charge in [0.2, 0.25) is 0 Å². The maximum absolute atomic E-state index is 2.54. The van der Waals surface area contributed by atoms with Crippen LogP contribution in [0.25, 0.3) is 0 Å². The van der Waals surface area contributed by atoms with E-state index in [-0.39, 0.29) is 0 Å². The molecule has 0 aromatic carbocycles. The lowest BCUT2D eigenvalue weighted by atomic mass is 9.91. The Hall–Kier alpha value is -0.520. The largest absolute Gasteiger partial charge is 0.0859 e. The number of hydrogen-bond donors (Lipinski definition) is 0. The maximum Gasteiger partial charge on any atom is -0.0323 e.